The van der Waals surface area contributed by atoms with Crippen LogP contribution in [-0.4, -0.2) is 39.6 Å². The second-order valence-electron chi connectivity index (χ2n) is 6.89. The largest absolute Gasteiger partial charge is 0.444 e. The van der Waals surface area contributed by atoms with Crippen molar-refractivity contribution < 1.29 is 14.5 Å². The zero-order valence-electron chi connectivity index (χ0n) is 14.5. The molecule has 2 rings (SSSR count). The fourth-order valence-corrected chi connectivity index (χ4v) is 2.70. The summed E-state index contributed by atoms with van der Waals surface area (Å²) < 4.78 is 5.40. The van der Waals surface area contributed by atoms with E-state index in [9.17, 15) is 14.9 Å². The number of hydrogen-bond acceptors (Lipinski definition) is 5. The lowest BCUT2D eigenvalue weighted by atomic mass is 9.90. The summed E-state index contributed by atoms with van der Waals surface area (Å²) in [6.07, 6.45) is 6.73. The Labute approximate surface area is 141 Å². The first-order valence-corrected chi connectivity index (χ1v) is 7.94. The Morgan fingerprint density at radius 2 is 2.17 bits per heavy atom. The zero-order chi connectivity index (χ0) is 17.9. The highest BCUT2D eigenvalue weighted by Crippen LogP contribution is 2.33. The summed E-state index contributed by atoms with van der Waals surface area (Å²) in [6, 6.07) is 1.51. The first-order valence-electron chi connectivity index (χ1n) is 7.94. The number of nitrogens with zero attached hydrogens (tertiary/aromatic N) is 3. The molecule has 24 heavy (non-hydrogen) atoms. The first-order chi connectivity index (χ1) is 11.2. The van der Waals surface area contributed by atoms with Crippen LogP contribution in [0, 0.1) is 10.1 Å². The molecule has 0 fully saturated rings. The fraction of sp³-hybridized carbons (Fsp3) is 0.529. The van der Waals surface area contributed by atoms with Gasteiger partial charge in [0.25, 0.3) is 5.69 Å². The molecule has 0 saturated heterocycles. The number of allylic oxidation sites excluding steroid dienone is 1. The summed E-state index contributed by atoms with van der Waals surface area (Å²) in [7, 11) is 1.69. The second kappa shape index (κ2) is 6.98. The number of ether oxygens (including phenoxy) is 1. The number of carbonyl (C=O) groups excluding carboxylic acids is 1. The summed E-state index contributed by atoms with van der Waals surface area (Å²) in [5, 5.41) is 11.2. The minimum absolute atomic E-state index is 0.00989. The van der Waals surface area contributed by atoms with E-state index in [-0.39, 0.29) is 11.7 Å². The maximum Gasteiger partial charge on any atom is 0.410 e. The third kappa shape index (κ3) is 4.31. The molecule has 1 aliphatic carbocycles. The molecule has 0 N–H and O–H groups in total. The summed E-state index contributed by atoms with van der Waals surface area (Å²) in [5.74, 6) is 0. The van der Waals surface area contributed by atoms with E-state index in [2.05, 4.69) is 4.98 Å². The Kier molecular flexibility index (Phi) is 5.21. The van der Waals surface area contributed by atoms with Crippen LogP contribution in [0.2, 0.25) is 0 Å². The van der Waals surface area contributed by atoms with Gasteiger partial charge in [-0.3, -0.25) is 15.1 Å². The van der Waals surface area contributed by atoms with Crippen LogP contribution in [0.4, 0.5) is 10.5 Å². The summed E-state index contributed by atoms with van der Waals surface area (Å²) in [6.45, 7) is 5.46. The van der Waals surface area contributed by atoms with Crippen molar-refractivity contribution in [2.75, 3.05) is 7.05 Å². The van der Waals surface area contributed by atoms with Crippen LogP contribution in [-0.2, 0) is 4.74 Å². The molecule has 1 heterocycles. The Morgan fingerprint density at radius 3 is 2.79 bits per heavy atom. The third-order valence-corrected chi connectivity index (χ3v) is 3.86. The summed E-state index contributed by atoms with van der Waals surface area (Å²) >= 11 is 0. The minimum Gasteiger partial charge on any atom is -0.444 e. The molecular formula is C17H23N3O4. The molecule has 1 atom stereocenters. The fourth-order valence-electron chi connectivity index (χ4n) is 2.70. The van der Waals surface area contributed by atoms with Crippen LogP contribution in [0.5, 0.6) is 0 Å². The van der Waals surface area contributed by atoms with Crippen molar-refractivity contribution in [3.8, 4) is 0 Å². The van der Waals surface area contributed by atoms with E-state index in [1.165, 1.54) is 6.20 Å². The van der Waals surface area contributed by atoms with Gasteiger partial charge < -0.3 is 9.64 Å². The van der Waals surface area contributed by atoms with E-state index >= 15 is 0 Å². The predicted molar refractivity (Wildman–Crippen MR) is 90.5 cm³/mol. The summed E-state index contributed by atoms with van der Waals surface area (Å²) in [4.78, 5) is 28.4. The summed E-state index contributed by atoms with van der Waals surface area (Å²) in [5.41, 5.74) is 0.869. The highest BCUT2D eigenvalue weighted by molar-refractivity contribution is 5.75. The number of nitro groups is 1. The Bertz CT molecular complexity index is 664. The number of aromatic nitrogens is 1. The smallest absolute Gasteiger partial charge is 0.410 e. The van der Waals surface area contributed by atoms with Crippen LogP contribution < -0.4 is 0 Å². The molecule has 0 aliphatic heterocycles. The molecule has 1 aromatic rings. The Morgan fingerprint density at radius 1 is 1.46 bits per heavy atom. The van der Waals surface area contributed by atoms with E-state index < -0.39 is 16.6 Å². The van der Waals surface area contributed by atoms with Crippen molar-refractivity contribution in [2.45, 2.75) is 51.7 Å². The Hall–Kier alpha value is -2.44. The second-order valence-corrected chi connectivity index (χ2v) is 6.89. The van der Waals surface area contributed by atoms with E-state index in [1.54, 1.807) is 24.2 Å². The van der Waals surface area contributed by atoms with Gasteiger partial charge in [-0.1, -0.05) is 6.08 Å². The molecule has 7 nitrogen and oxygen atoms in total. The highest BCUT2D eigenvalue weighted by Gasteiger charge is 2.28. The lowest BCUT2D eigenvalue weighted by Gasteiger charge is -2.31. The van der Waals surface area contributed by atoms with Gasteiger partial charge in [-0.25, -0.2) is 4.79 Å². The SMILES string of the molecule is CN(C(=O)OC(C)(C)C)C1C=C(c2ccncc2[N+](=O)[O-])CCC1. The minimum atomic E-state index is -0.559. The van der Waals surface area contributed by atoms with Crippen molar-refractivity contribution in [3.05, 3.63) is 40.2 Å². The van der Waals surface area contributed by atoms with Gasteiger partial charge in [-0.2, -0.15) is 0 Å². The quantitative estimate of drug-likeness (QED) is 0.620. The average molecular weight is 333 g/mol. The number of hydrogen-bond donors (Lipinski definition) is 0. The molecule has 0 radical (unpaired) electrons. The molecule has 1 aliphatic rings. The number of pyridine rings is 1. The van der Waals surface area contributed by atoms with E-state index in [4.69, 9.17) is 4.74 Å². The third-order valence-electron chi connectivity index (χ3n) is 3.86. The molecule has 1 unspecified atom stereocenters. The monoisotopic (exact) mass is 333 g/mol. The van der Waals surface area contributed by atoms with Gasteiger partial charge in [0.1, 0.15) is 11.8 Å². The normalized spacial score (nSPS) is 17.8. The maximum atomic E-state index is 12.2. The molecule has 7 heteroatoms. The van der Waals surface area contributed by atoms with Gasteiger partial charge in [0.15, 0.2) is 0 Å². The van der Waals surface area contributed by atoms with Crippen LogP contribution >= 0.6 is 0 Å². The van der Waals surface area contributed by atoms with Crippen molar-refractivity contribution in [2.24, 2.45) is 0 Å². The van der Waals surface area contributed by atoms with Crippen LogP contribution in [0.1, 0.15) is 45.6 Å². The molecule has 0 spiro atoms. The van der Waals surface area contributed by atoms with E-state index in [1.807, 2.05) is 26.8 Å². The van der Waals surface area contributed by atoms with Gasteiger partial charge in [-0.15, -0.1) is 0 Å². The first kappa shape index (κ1) is 17.9. The molecular weight excluding hydrogens is 310 g/mol. The van der Waals surface area contributed by atoms with E-state index in [0.717, 1.165) is 24.8 Å². The molecule has 1 aromatic heterocycles. The number of likely N-dealkylation sites (N-methyl/N-ethyl adjacent to an activating group) is 1. The van der Waals surface area contributed by atoms with Crippen molar-refractivity contribution in [1.29, 1.82) is 0 Å². The van der Waals surface area contributed by atoms with Crippen molar-refractivity contribution >= 4 is 17.4 Å². The Balaban J connectivity index is 2.25. The molecule has 0 aromatic carbocycles. The average Bonchev–Trinajstić information content (AvgIpc) is 2.52. The lowest BCUT2D eigenvalue weighted by Crippen LogP contribution is -2.40. The number of carbonyl (C=O) groups is 1. The van der Waals surface area contributed by atoms with E-state index in [0.29, 0.717) is 5.56 Å². The van der Waals surface area contributed by atoms with Gasteiger partial charge in [0.2, 0.25) is 0 Å². The van der Waals surface area contributed by atoms with Gasteiger partial charge in [-0.05, 0) is 51.7 Å². The number of amides is 1. The van der Waals surface area contributed by atoms with Crippen LogP contribution in [0.15, 0.2) is 24.5 Å². The highest BCUT2D eigenvalue weighted by atomic mass is 16.6. The number of rotatable bonds is 3. The van der Waals surface area contributed by atoms with Crippen molar-refractivity contribution in [3.63, 3.8) is 0 Å². The maximum absolute atomic E-state index is 12.2. The zero-order valence-corrected chi connectivity index (χ0v) is 14.5. The van der Waals surface area contributed by atoms with Crippen LogP contribution in [0.3, 0.4) is 0 Å². The molecule has 130 valence electrons. The van der Waals surface area contributed by atoms with Gasteiger partial charge in [0.05, 0.1) is 16.5 Å². The predicted octanol–water partition coefficient (Wildman–Crippen LogP) is 3.79. The van der Waals surface area contributed by atoms with Crippen molar-refractivity contribution in [1.82, 2.24) is 9.88 Å². The topological polar surface area (TPSA) is 85.6 Å². The molecule has 0 saturated carbocycles. The van der Waals surface area contributed by atoms with Gasteiger partial charge in [0, 0.05) is 13.2 Å². The lowest BCUT2D eigenvalue weighted by molar-refractivity contribution is -0.385. The van der Waals surface area contributed by atoms with Crippen LogP contribution in [0.25, 0.3) is 5.57 Å². The van der Waals surface area contributed by atoms with Gasteiger partial charge >= 0.3 is 6.09 Å². The molecule has 0 bridgehead atoms. The molecule has 1 amide bonds. The standard InChI is InChI=1S/C17H23N3O4/c1-17(2,3)24-16(21)19(4)13-7-5-6-12(10-13)14-8-9-18-11-15(14)20(22)23/h8-11,13H,5-7H2,1-4H3.